The minimum Gasteiger partial charge on any atom is -0.463 e. The van der Waals surface area contributed by atoms with Crippen molar-refractivity contribution >= 4 is 29.2 Å². The number of nitrogens with zero attached hydrogens (tertiary/aromatic N) is 1. The highest BCUT2D eigenvalue weighted by atomic mass is 16.5. The molecular formula is C25H28N2O4. The topological polar surface area (TPSA) is 75.7 Å². The average molecular weight is 421 g/mol. The SMILES string of the molecule is CCOC(=O)C1=C(C)N(c2ccccc2)C(=O)C[C@@H]1C(=O)Nc1ccc(C(C)C)cc1. The predicted octanol–water partition coefficient (Wildman–Crippen LogP) is 4.64. The van der Waals surface area contributed by atoms with Gasteiger partial charge in [-0.25, -0.2) is 4.79 Å². The Morgan fingerprint density at radius 3 is 2.32 bits per heavy atom. The van der Waals surface area contributed by atoms with E-state index in [-0.39, 0.29) is 24.5 Å². The Morgan fingerprint density at radius 1 is 1.10 bits per heavy atom. The highest BCUT2D eigenvalue weighted by molar-refractivity contribution is 6.10. The van der Waals surface area contributed by atoms with Crippen molar-refractivity contribution in [3.05, 3.63) is 71.4 Å². The zero-order valence-corrected chi connectivity index (χ0v) is 18.3. The van der Waals surface area contributed by atoms with Crippen LogP contribution in [0.4, 0.5) is 11.4 Å². The van der Waals surface area contributed by atoms with Gasteiger partial charge in [-0.15, -0.1) is 0 Å². The molecule has 0 spiro atoms. The Balaban J connectivity index is 1.94. The molecule has 162 valence electrons. The molecule has 2 aromatic carbocycles. The van der Waals surface area contributed by atoms with Crippen LogP contribution in [0.25, 0.3) is 0 Å². The Labute approximate surface area is 182 Å². The van der Waals surface area contributed by atoms with Crippen LogP contribution in [0.15, 0.2) is 65.9 Å². The van der Waals surface area contributed by atoms with Crippen molar-refractivity contribution in [3.8, 4) is 0 Å². The smallest absolute Gasteiger partial charge is 0.336 e. The van der Waals surface area contributed by atoms with Crippen LogP contribution in [0, 0.1) is 5.92 Å². The number of benzene rings is 2. The number of carbonyl (C=O) groups is 3. The maximum atomic E-state index is 13.1. The van der Waals surface area contributed by atoms with Gasteiger partial charge < -0.3 is 10.1 Å². The number of hydrogen-bond acceptors (Lipinski definition) is 4. The molecule has 31 heavy (non-hydrogen) atoms. The third kappa shape index (κ3) is 4.85. The summed E-state index contributed by atoms with van der Waals surface area (Å²) in [7, 11) is 0. The molecule has 6 heteroatoms. The molecule has 1 heterocycles. The second kappa shape index (κ2) is 9.60. The third-order valence-electron chi connectivity index (χ3n) is 5.37. The standard InChI is InChI=1S/C25H28N2O4/c1-5-31-25(30)23-17(4)27(20-9-7-6-8-10-20)22(28)15-21(23)24(29)26-19-13-11-18(12-14-19)16(2)3/h6-14,16,21H,5,15H2,1-4H3,(H,26,29)/t21-/m0/s1. The van der Waals surface area contributed by atoms with Crippen molar-refractivity contribution < 1.29 is 19.1 Å². The van der Waals surface area contributed by atoms with Gasteiger partial charge in [0.25, 0.3) is 0 Å². The first kappa shape index (κ1) is 22.3. The molecule has 0 aliphatic carbocycles. The van der Waals surface area contributed by atoms with Gasteiger partial charge in [-0.05, 0) is 49.6 Å². The molecule has 0 unspecified atom stereocenters. The largest absolute Gasteiger partial charge is 0.463 e. The molecule has 1 aliphatic rings. The van der Waals surface area contributed by atoms with Crippen LogP contribution in [0.3, 0.4) is 0 Å². The molecule has 2 amide bonds. The van der Waals surface area contributed by atoms with Gasteiger partial charge in [-0.1, -0.05) is 44.2 Å². The van der Waals surface area contributed by atoms with E-state index in [1.165, 1.54) is 4.90 Å². The number of rotatable bonds is 6. The van der Waals surface area contributed by atoms with Crippen LogP contribution in [0.5, 0.6) is 0 Å². The quantitative estimate of drug-likeness (QED) is 0.691. The van der Waals surface area contributed by atoms with Gasteiger partial charge in [0.05, 0.1) is 18.1 Å². The molecule has 1 atom stereocenters. The Kier molecular flexibility index (Phi) is 6.90. The number of esters is 1. The van der Waals surface area contributed by atoms with Gasteiger partial charge in [0.15, 0.2) is 0 Å². The number of amides is 2. The monoisotopic (exact) mass is 420 g/mol. The zero-order valence-electron chi connectivity index (χ0n) is 18.3. The zero-order chi connectivity index (χ0) is 22.5. The summed E-state index contributed by atoms with van der Waals surface area (Å²) in [5.74, 6) is -1.77. The minimum atomic E-state index is -0.920. The lowest BCUT2D eigenvalue weighted by Crippen LogP contribution is -2.43. The van der Waals surface area contributed by atoms with E-state index in [0.29, 0.717) is 23.0 Å². The molecule has 0 saturated carbocycles. The molecule has 0 bridgehead atoms. The number of ether oxygens (including phenoxy) is 1. The number of para-hydroxylation sites is 1. The maximum Gasteiger partial charge on any atom is 0.336 e. The molecule has 0 aromatic heterocycles. The van der Waals surface area contributed by atoms with Crippen molar-refractivity contribution in [2.75, 3.05) is 16.8 Å². The summed E-state index contributed by atoms with van der Waals surface area (Å²) in [6, 6.07) is 16.6. The first-order valence-electron chi connectivity index (χ1n) is 10.5. The lowest BCUT2D eigenvalue weighted by Gasteiger charge is -2.33. The second-order valence-corrected chi connectivity index (χ2v) is 7.81. The number of hydrogen-bond donors (Lipinski definition) is 1. The predicted molar refractivity (Wildman–Crippen MR) is 121 cm³/mol. The van der Waals surface area contributed by atoms with E-state index in [2.05, 4.69) is 19.2 Å². The van der Waals surface area contributed by atoms with Gasteiger partial charge >= 0.3 is 5.97 Å². The summed E-state index contributed by atoms with van der Waals surface area (Å²) < 4.78 is 5.23. The van der Waals surface area contributed by atoms with Crippen molar-refractivity contribution in [3.63, 3.8) is 0 Å². The fourth-order valence-corrected chi connectivity index (χ4v) is 3.75. The number of anilines is 2. The van der Waals surface area contributed by atoms with E-state index in [9.17, 15) is 14.4 Å². The lowest BCUT2D eigenvalue weighted by atomic mass is 9.88. The Hall–Kier alpha value is -3.41. The van der Waals surface area contributed by atoms with E-state index in [4.69, 9.17) is 4.74 Å². The van der Waals surface area contributed by atoms with Crippen LogP contribution in [0.2, 0.25) is 0 Å². The lowest BCUT2D eigenvalue weighted by molar-refractivity contribution is -0.141. The molecule has 0 saturated heterocycles. The van der Waals surface area contributed by atoms with Gasteiger partial charge in [0.2, 0.25) is 11.8 Å². The summed E-state index contributed by atoms with van der Waals surface area (Å²) >= 11 is 0. The van der Waals surface area contributed by atoms with Gasteiger partial charge in [0.1, 0.15) is 0 Å². The molecule has 6 nitrogen and oxygen atoms in total. The normalized spacial score (nSPS) is 16.5. The van der Waals surface area contributed by atoms with Gasteiger partial charge in [-0.2, -0.15) is 0 Å². The summed E-state index contributed by atoms with van der Waals surface area (Å²) in [6.07, 6.45) is -0.115. The van der Waals surface area contributed by atoms with Crippen LogP contribution < -0.4 is 10.2 Å². The van der Waals surface area contributed by atoms with Crippen molar-refractivity contribution in [1.82, 2.24) is 0 Å². The Bertz CT molecular complexity index is 994. The molecule has 1 N–H and O–H groups in total. The van der Waals surface area contributed by atoms with E-state index in [0.717, 1.165) is 5.56 Å². The number of nitrogens with one attached hydrogen (secondary N) is 1. The second-order valence-electron chi connectivity index (χ2n) is 7.81. The van der Waals surface area contributed by atoms with E-state index in [1.807, 2.05) is 42.5 Å². The van der Waals surface area contributed by atoms with Crippen molar-refractivity contribution in [2.45, 2.75) is 40.0 Å². The van der Waals surface area contributed by atoms with Crippen molar-refractivity contribution in [2.24, 2.45) is 5.92 Å². The van der Waals surface area contributed by atoms with Crippen molar-refractivity contribution in [1.29, 1.82) is 0 Å². The van der Waals surface area contributed by atoms with E-state index >= 15 is 0 Å². The maximum absolute atomic E-state index is 13.1. The molecule has 3 rings (SSSR count). The fourth-order valence-electron chi connectivity index (χ4n) is 3.75. The van der Waals surface area contributed by atoms with Crippen LogP contribution in [-0.4, -0.2) is 24.4 Å². The average Bonchev–Trinajstić information content (AvgIpc) is 2.74. The number of allylic oxidation sites excluding steroid dienone is 1. The molecule has 1 aliphatic heterocycles. The van der Waals surface area contributed by atoms with Gasteiger partial charge in [0, 0.05) is 23.5 Å². The third-order valence-corrected chi connectivity index (χ3v) is 5.37. The summed E-state index contributed by atoms with van der Waals surface area (Å²) in [6.45, 7) is 7.76. The van der Waals surface area contributed by atoms with Crippen LogP contribution in [0.1, 0.15) is 45.6 Å². The Morgan fingerprint density at radius 2 is 1.74 bits per heavy atom. The number of carbonyl (C=O) groups excluding carboxylic acids is 3. The highest BCUT2D eigenvalue weighted by Crippen LogP contribution is 2.34. The summed E-state index contributed by atoms with van der Waals surface area (Å²) in [4.78, 5) is 40.4. The van der Waals surface area contributed by atoms with Gasteiger partial charge in [-0.3, -0.25) is 14.5 Å². The highest BCUT2D eigenvalue weighted by Gasteiger charge is 2.40. The fraction of sp³-hybridized carbons (Fsp3) is 0.320. The van der Waals surface area contributed by atoms with E-state index in [1.54, 1.807) is 26.0 Å². The van der Waals surface area contributed by atoms with E-state index < -0.39 is 17.8 Å². The first-order chi connectivity index (χ1) is 14.8. The first-order valence-corrected chi connectivity index (χ1v) is 10.5. The summed E-state index contributed by atoms with van der Waals surface area (Å²) in [5.41, 5.74) is 3.05. The van der Waals surface area contributed by atoms with Crippen LogP contribution in [-0.2, 0) is 19.1 Å². The summed E-state index contributed by atoms with van der Waals surface area (Å²) in [5, 5.41) is 2.85. The molecule has 0 fully saturated rings. The minimum absolute atomic E-state index is 0.115. The molecule has 0 radical (unpaired) electrons. The van der Waals surface area contributed by atoms with Crippen LogP contribution >= 0.6 is 0 Å². The molecular weight excluding hydrogens is 392 g/mol. The molecule has 2 aromatic rings.